The molecule has 1 saturated heterocycles. The summed E-state index contributed by atoms with van der Waals surface area (Å²) in [6.45, 7) is 2.28. The summed E-state index contributed by atoms with van der Waals surface area (Å²) in [5.41, 5.74) is 6.28. The largest absolute Gasteiger partial charge is 0.365 e. The predicted octanol–water partition coefficient (Wildman–Crippen LogP) is 0.493. The molecule has 1 aromatic carbocycles. The van der Waals surface area contributed by atoms with Crippen molar-refractivity contribution >= 4 is 23.2 Å². The standard InChI is InChI=1S/C16H18ClN5O2/c17-15-13(20-6-8-21(9-7-20)14(23)10-18)11-19-22(16(15)24)12-4-2-1-3-5-12/h1-5,11H,6-10,18H2. The molecule has 24 heavy (non-hydrogen) atoms. The average Bonchev–Trinajstić information content (AvgIpc) is 2.64. The van der Waals surface area contributed by atoms with Crippen LogP contribution in [0.1, 0.15) is 0 Å². The van der Waals surface area contributed by atoms with Crippen LogP contribution in [0.3, 0.4) is 0 Å². The normalized spacial score (nSPS) is 14.8. The van der Waals surface area contributed by atoms with Crippen molar-refractivity contribution in [2.24, 2.45) is 5.73 Å². The Morgan fingerprint density at radius 2 is 1.83 bits per heavy atom. The molecule has 0 spiro atoms. The summed E-state index contributed by atoms with van der Waals surface area (Å²) in [6, 6.07) is 9.12. The molecule has 1 aromatic heterocycles. The van der Waals surface area contributed by atoms with Crippen molar-refractivity contribution in [2.75, 3.05) is 37.6 Å². The van der Waals surface area contributed by atoms with E-state index < -0.39 is 0 Å². The van der Waals surface area contributed by atoms with Crippen molar-refractivity contribution in [2.45, 2.75) is 0 Å². The number of nitrogens with two attached hydrogens (primary N) is 1. The molecule has 7 nitrogen and oxygen atoms in total. The van der Waals surface area contributed by atoms with E-state index in [9.17, 15) is 9.59 Å². The zero-order chi connectivity index (χ0) is 17.1. The van der Waals surface area contributed by atoms with E-state index in [1.807, 2.05) is 23.1 Å². The van der Waals surface area contributed by atoms with E-state index in [4.69, 9.17) is 17.3 Å². The van der Waals surface area contributed by atoms with Gasteiger partial charge in [-0.3, -0.25) is 9.59 Å². The van der Waals surface area contributed by atoms with Crippen molar-refractivity contribution in [1.82, 2.24) is 14.7 Å². The molecule has 1 aliphatic heterocycles. The number of aromatic nitrogens is 2. The molecule has 3 rings (SSSR count). The molecule has 1 fully saturated rings. The third kappa shape index (κ3) is 3.13. The number of carbonyl (C=O) groups is 1. The van der Waals surface area contributed by atoms with Gasteiger partial charge in [0.2, 0.25) is 5.91 Å². The van der Waals surface area contributed by atoms with Gasteiger partial charge in [-0.1, -0.05) is 29.8 Å². The highest BCUT2D eigenvalue weighted by Crippen LogP contribution is 2.23. The first-order chi connectivity index (χ1) is 11.6. The summed E-state index contributed by atoms with van der Waals surface area (Å²) in [5, 5.41) is 4.36. The quantitative estimate of drug-likeness (QED) is 0.873. The van der Waals surface area contributed by atoms with Gasteiger partial charge in [-0.25, -0.2) is 0 Å². The molecule has 2 heterocycles. The van der Waals surface area contributed by atoms with E-state index in [-0.39, 0.29) is 23.0 Å². The van der Waals surface area contributed by atoms with Gasteiger partial charge < -0.3 is 15.5 Å². The third-order valence-corrected chi connectivity index (χ3v) is 4.40. The van der Waals surface area contributed by atoms with Crippen LogP contribution >= 0.6 is 11.6 Å². The molecule has 126 valence electrons. The number of amides is 1. The van der Waals surface area contributed by atoms with Gasteiger partial charge in [0, 0.05) is 26.2 Å². The van der Waals surface area contributed by atoms with Crippen LogP contribution in [0.15, 0.2) is 41.3 Å². The van der Waals surface area contributed by atoms with Gasteiger partial charge in [-0.05, 0) is 12.1 Å². The maximum absolute atomic E-state index is 12.5. The number of rotatable bonds is 3. The summed E-state index contributed by atoms with van der Waals surface area (Å²) < 4.78 is 1.28. The lowest BCUT2D eigenvalue weighted by atomic mass is 10.2. The van der Waals surface area contributed by atoms with E-state index >= 15 is 0 Å². The third-order valence-electron chi connectivity index (χ3n) is 4.05. The van der Waals surface area contributed by atoms with Gasteiger partial charge in [0.15, 0.2) is 0 Å². The Labute approximate surface area is 144 Å². The number of carbonyl (C=O) groups excluding carboxylic acids is 1. The molecule has 0 unspecified atom stereocenters. The lowest BCUT2D eigenvalue weighted by molar-refractivity contribution is -0.129. The first-order valence-corrected chi connectivity index (χ1v) is 8.05. The second-order valence-electron chi connectivity index (χ2n) is 5.47. The average molecular weight is 348 g/mol. The van der Waals surface area contributed by atoms with Crippen molar-refractivity contribution in [1.29, 1.82) is 0 Å². The topological polar surface area (TPSA) is 84.5 Å². The number of hydrogen-bond donors (Lipinski definition) is 1. The Bertz CT molecular complexity index is 785. The molecular weight excluding hydrogens is 330 g/mol. The first-order valence-electron chi connectivity index (χ1n) is 7.68. The van der Waals surface area contributed by atoms with Crippen LogP contribution in [-0.4, -0.2) is 53.3 Å². The molecule has 2 N–H and O–H groups in total. The monoisotopic (exact) mass is 347 g/mol. The zero-order valence-electron chi connectivity index (χ0n) is 13.1. The van der Waals surface area contributed by atoms with Crippen LogP contribution in [-0.2, 0) is 4.79 Å². The number of hydrogen-bond acceptors (Lipinski definition) is 5. The summed E-state index contributed by atoms with van der Waals surface area (Å²) in [5.74, 6) is -0.0710. The minimum Gasteiger partial charge on any atom is -0.365 e. The molecule has 1 amide bonds. The first kappa shape index (κ1) is 16.5. The minimum atomic E-state index is -0.360. The SMILES string of the molecule is NCC(=O)N1CCN(c2cnn(-c3ccccc3)c(=O)c2Cl)CC1. The minimum absolute atomic E-state index is 0.00936. The molecule has 0 aliphatic carbocycles. The van der Waals surface area contributed by atoms with Crippen LogP contribution in [0.5, 0.6) is 0 Å². The van der Waals surface area contributed by atoms with Gasteiger partial charge in [-0.15, -0.1) is 0 Å². The van der Waals surface area contributed by atoms with Gasteiger partial charge in [-0.2, -0.15) is 9.78 Å². The zero-order valence-corrected chi connectivity index (χ0v) is 13.8. The molecule has 8 heteroatoms. The van der Waals surface area contributed by atoms with E-state index in [1.165, 1.54) is 4.68 Å². The summed E-state index contributed by atoms with van der Waals surface area (Å²) in [7, 11) is 0. The van der Waals surface area contributed by atoms with Gasteiger partial charge in [0.05, 0.1) is 24.1 Å². The number of para-hydroxylation sites is 1. The van der Waals surface area contributed by atoms with Crippen LogP contribution in [0.2, 0.25) is 5.02 Å². The highest BCUT2D eigenvalue weighted by molar-refractivity contribution is 6.33. The second kappa shape index (κ2) is 7.02. The van der Waals surface area contributed by atoms with Crippen LogP contribution in [0.25, 0.3) is 5.69 Å². The van der Waals surface area contributed by atoms with Gasteiger partial charge in [0.25, 0.3) is 5.56 Å². The Morgan fingerprint density at radius 1 is 1.17 bits per heavy atom. The molecule has 0 atom stereocenters. The fraction of sp³-hybridized carbons (Fsp3) is 0.312. The van der Waals surface area contributed by atoms with Crippen molar-refractivity contribution in [3.63, 3.8) is 0 Å². The van der Waals surface area contributed by atoms with E-state index in [0.29, 0.717) is 37.6 Å². The molecular formula is C16H18ClN5O2. The fourth-order valence-corrected chi connectivity index (χ4v) is 2.97. The van der Waals surface area contributed by atoms with Gasteiger partial charge in [0.1, 0.15) is 5.02 Å². The highest BCUT2D eigenvalue weighted by atomic mass is 35.5. The van der Waals surface area contributed by atoms with Crippen LogP contribution in [0, 0.1) is 0 Å². The molecule has 2 aromatic rings. The number of piperazine rings is 1. The summed E-state index contributed by atoms with van der Waals surface area (Å²) in [4.78, 5) is 27.8. The van der Waals surface area contributed by atoms with E-state index in [0.717, 1.165) is 0 Å². The maximum atomic E-state index is 12.5. The molecule has 0 radical (unpaired) electrons. The van der Waals surface area contributed by atoms with Crippen molar-refractivity contribution in [3.8, 4) is 5.69 Å². The lowest BCUT2D eigenvalue weighted by Crippen LogP contribution is -2.50. The Balaban J connectivity index is 1.83. The summed E-state index contributed by atoms with van der Waals surface area (Å²) in [6.07, 6.45) is 1.59. The number of halogens is 1. The Kier molecular flexibility index (Phi) is 4.82. The molecule has 0 bridgehead atoms. The second-order valence-corrected chi connectivity index (χ2v) is 5.85. The fourth-order valence-electron chi connectivity index (χ4n) is 2.72. The van der Waals surface area contributed by atoms with Crippen molar-refractivity contribution < 1.29 is 4.79 Å². The number of nitrogens with zero attached hydrogens (tertiary/aromatic N) is 4. The van der Waals surface area contributed by atoms with Gasteiger partial charge >= 0.3 is 0 Å². The summed E-state index contributed by atoms with van der Waals surface area (Å²) >= 11 is 6.29. The number of anilines is 1. The maximum Gasteiger partial charge on any atom is 0.292 e. The number of benzene rings is 1. The van der Waals surface area contributed by atoms with Crippen LogP contribution in [0.4, 0.5) is 5.69 Å². The highest BCUT2D eigenvalue weighted by Gasteiger charge is 2.23. The van der Waals surface area contributed by atoms with E-state index in [2.05, 4.69) is 5.10 Å². The molecule has 0 saturated carbocycles. The molecule has 1 aliphatic rings. The Morgan fingerprint density at radius 3 is 2.46 bits per heavy atom. The van der Waals surface area contributed by atoms with E-state index in [1.54, 1.807) is 23.2 Å². The predicted molar refractivity (Wildman–Crippen MR) is 92.7 cm³/mol. The lowest BCUT2D eigenvalue weighted by Gasteiger charge is -2.36. The smallest absolute Gasteiger partial charge is 0.292 e. The Hall–Kier alpha value is -2.38. The van der Waals surface area contributed by atoms with Crippen LogP contribution < -0.4 is 16.2 Å². The van der Waals surface area contributed by atoms with Crippen molar-refractivity contribution in [3.05, 3.63) is 51.9 Å².